The van der Waals surface area contributed by atoms with Gasteiger partial charge in [0.1, 0.15) is 11.5 Å². The lowest BCUT2D eigenvalue weighted by Gasteiger charge is -2.22. The summed E-state index contributed by atoms with van der Waals surface area (Å²) in [7, 11) is -3.67. The molecule has 0 aliphatic carbocycles. The molecule has 2 nitrogen and oxygen atoms in total. The van der Waals surface area contributed by atoms with Crippen LogP contribution in [0.5, 0.6) is 0 Å². The van der Waals surface area contributed by atoms with E-state index >= 15 is 0 Å². The SMILES string of the molecule is CC(C)(C)c1ccc(C2=CC(=CC=C3C=[NH+]c4ccccc43)OC(c3ccc(C(C)(C)C)cc3)=C2)cc1.FB(F)F.[F-]. The van der Waals surface area contributed by atoms with Gasteiger partial charge in [-0.1, -0.05) is 102 Å². The third-order valence-electron chi connectivity index (χ3n) is 6.98. The smallest absolute Gasteiger partial charge is 0.762 e. The molecule has 0 fully saturated rings. The lowest BCUT2D eigenvalue weighted by molar-refractivity contribution is -0.342. The van der Waals surface area contributed by atoms with Gasteiger partial charge < -0.3 is 9.44 Å². The summed E-state index contributed by atoms with van der Waals surface area (Å²) in [5.41, 5.74) is 9.73. The monoisotopic (exact) mass is 573 g/mol. The zero-order valence-corrected chi connectivity index (χ0v) is 24.8. The van der Waals surface area contributed by atoms with Gasteiger partial charge in [-0.15, -0.1) is 0 Å². The number of para-hydroxylation sites is 1. The Morgan fingerprint density at radius 3 is 1.76 bits per heavy atom. The standard InChI is InChI=1S/C35H35NO.BF3.FH/c1-34(2,3)28-16-11-24(12-17-28)27-21-30(20-15-26-23-36-32-10-8-7-9-31(26)32)37-33(22-27)25-13-18-29(19-14-25)35(4,5)6;2-1(3)4;/h7-23H,1-6H3;;1H. The van der Waals surface area contributed by atoms with Crippen molar-refractivity contribution in [2.45, 2.75) is 52.4 Å². The van der Waals surface area contributed by atoms with E-state index in [1.165, 1.54) is 22.3 Å². The maximum Gasteiger partial charge on any atom is 0.762 e. The van der Waals surface area contributed by atoms with Crippen LogP contribution in [0.1, 0.15) is 69.4 Å². The van der Waals surface area contributed by atoms with E-state index in [2.05, 4.69) is 138 Å². The van der Waals surface area contributed by atoms with Crippen molar-refractivity contribution in [3.05, 3.63) is 131 Å². The first-order valence-electron chi connectivity index (χ1n) is 13.7. The fourth-order valence-corrected chi connectivity index (χ4v) is 4.61. The van der Waals surface area contributed by atoms with E-state index in [4.69, 9.17) is 4.74 Å². The number of nitrogens with one attached hydrogen (secondary N) is 1. The average Bonchev–Trinajstić information content (AvgIpc) is 3.34. The number of hydrogen-bond donors (Lipinski definition) is 1. The lowest BCUT2D eigenvalue weighted by Crippen LogP contribution is -3.00. The molecular weight excluding hydrogens is 537 g/mol. The summed E-state index contributed by atoms with van der Waals surface area (Å²) >= 11 is 0. The van der Waals surface area contributed by atoms with Crippen molar-refractivity contribution < 1.29 is 27.4 Å². The van der Waals surface area contributed by atoms with E-state index in [0.717, 1.165) is 33.9 Å². The number of ether oxygens (including phenoxy) is 1. The molecule has 2 aliphatic heterocycles. The van der Waals surface area contributed by atoms with Gasteiger partial charge in [0.2, 0.25) is 5.69 Å². The van der Waals surface area contributed by atoms with Crippen molar-refractivity contribution >= 4 is 36.4 Å². The van der Waals surface area contributed by atoms with Crippen molar-refractivity contribution in [3.8, 4) is 0 Å². The van der Waals surface area contributed by atoms with Crippen LogP contribution in [0.4, 0.5) is 18.6 Å². The number of halogens is 4. The van der Waals surface area contributed by atoms with Crippen molar-refractivity contribution in [2.75, 3.05) is 0 Å². The number of rotatable bonds is 3. The first kappa shape index (κ1) is 32.4. The maximum absolute atomic E-state index is 9.67. The lowest BCUT2D eigenvalue weighted by atomic mass is 9.86. The van der Waals surface area contributed by atoms with E-state index in [-0.39, 0.29) is 15.5 Å². The first-order valence-corrected chi connectivity index (χ1v) is 13.7. The quantitative estimate of drug-likeness (QED) is 0.330. The molecule has 7 heteroatoms. The molecule has 0 amide bonds. The Bertz CT molecular complexity index is 1530. The van der Waals surface area contributed by atoms with Crippen LogP contribution in [-0.2, 0) is 15.6 Å². The zero-order chi connectivity index (χ0) is 29.8. The minimum atomic E-state index is -3.67. The van der Waals surface area contributed by atoms with E-state index in [1.54, 1.807) is 0 Å². The first-order chi connectivity index (χ1) is 19.3. The Labute approximate surface area is 246 Å². The van der Waals surface area contributed by atoms with Crippen LogP contribution in [0.3, 0.4) is 0 Å². The Balaban J connectivity index is 0.000000911. The molecule has 0 saturated heterocycles. The molecule has 2 aliphatic rings. The topological polar surface area (TPSA) is 23.2 Å². The highest BCUT2D eigenvalue weighted by molar-refractivity contribution is 6.33. The number of benzene rings is 3. The van der Waals surface area contributed by atoms with Crippen LogP contribution in [0.25, 0.3) is 16.9 Å². The maximum atomic E-state index is 9.67. The predicted octanol–water partition coefficient (Wildman–Crippen LogP) is 5.38. The highest BCUT2D eigenvalue weighted by atomic mass is 19.4. The molecule has 218 valence electrons. The van der Waals surface area contributed by atoms with Crippen LogP contribution < -0.4 is 9.70 Å². The minimum Gasteiger partial charge on any atom is -1.00 e. The molecule has 0 saturated carbocycles. The normalized spacial score (nSPS) is 16.0. The Kier molecular flexibility index (Phi) is 10.2. The number of fused-ring (bicyclic) bond motifs is 1. The van der Waals surface area contributed by atoms with Gasteiger partial charge >= 0.3 is 7.54 Å². The van der Waals surface area contributed by atoms with Crippen LogP contribution in [0.2, 0.25) is 0 Å². The Morgan fingerprint density at radius 1 is 0.690 bits per heavy atom. The third kappa shape index (κ3) is 8.22. The predicted molar refractivity (Wildman–Crippen MR) is 166 cm³/mol. The molecule has 0 radical (unpaired) electrons. The summed E-state index contributed by atoms with van der Waals surface area (Å²) in [6, 6.07) is 26.0. The van der Waals surface area contributed by atoms with Gasteiger partial charge in [0.25, 0.3) is 0 Å². The van der Waals surface area contributed by atoms with Crippen molar-refractivity contribution in [2.24, 2.45) is 0 Å². The van der Waals surface area contributed by atoms with E-state index < -0.39 is 7.54 Å². The summed E-state index contributed by atoms with van der Waals surface area (Å²) in [6.45, 7) is 13.5. The van der Waals surface area contributed by atoms with E-state index in [9.17, 15) is 12.9 Å². The Hall–Kier alpha value is -4.13. The van der Waals surface area contributed by atoms with Crippen LogP contribution in [0, 0.1) is 0 Å². The van der Waals surface area contributed by atoms with Crippen LogP contribution in [-0.4, -0.2) is 13.8 Å². The number of hydrogen-bond acceptors (Lipinski definition) is 1. The molecule has 0 aromatic heterocycles. The van der Waals surface area contributed by atoms with Crippen molar-refractivity contribution in [3.63, 3.8) is 0 Å². The van der Waals surface area contributed by atoms with Crippen LogP contribution >= 0.6 is 0 Å². The Morgan fingerprint density at radius 2 is 1.21 bits per heavy atom. The summed E-state index contributed by atoms with van der Waals surface area (Å²) in [5, 5.41) is 0. The van der Waals surface area contributed by atoms with Gasteiger partial charge in [-0.3, -0.25) is 12.9 Å². The van der Waals surface area contributed by atoms with Gasteiger partial charge in [0.15, 0.2) is 6.21 Å². The largest absolute Gasteiger partial charge is 1.00 e. The second-order valence-electron chi connectivity index (χ2n) is 12.1. The molecule has 1 N–H and O–H groups in total. The van der Waals surface area contributed by atoms with E-state index in [1.807, 2.05) is 12.3 Å². The fraction of sp³-hybridized carbons (Fsp3) is 0.229. The molecular formula is C35H36BF4NO. The highest BCUT2D eigenvalue weighted by Crippen LogP contribution is 2.34. The second-order valence-corrected chi connectivity index (χ2v) is 12.1. The molecule has 0 unspecified atom stereocenters. The molecule has 0 bridgehead atoms. The van der Waals surface area contributed by atoms with Gasteiger partial charge in [0.05, 0.1) is 11.1 Å². The summed E-state index contributed by atoms with van der Waals surface area (Å²) in [4.78, 5) is 3.35. The highest BCUT2D eigenvalue weighted by Gasteiger charge is 2.20. The summed E-state index contributed by atoms with van der Waals surface area (Å²) in [6.07, 6.45) is 10.5. The van der Waals surface area contributed by atoms with Gasteiger partial charge in [-0.05, 0) is 63.5 Å². The molecule has 0 atom stereocenters. The van der Waals surface area contributed by atoms with E-state index in [0.29, 0.717) is 0 Å². The molecule has 3 aromatic carbocycles. The van der Waals surface area contributed by atoms with Gasteiger partial charge in [0, 0.05) is 11.6 Å². The average molecular weight is 573 g/mol. The number of allylic oxidation sites excluding steroid dienone is 6. The van der Waals surface area contributed by atoms with Crippen molar-refractivity contribution in [1.82, 2.24) is 0 Å². The molecule has 2 heterocycles. The third-order valence-corrected chi connectivity index (χ3v) is 6.98. The molecule has 42 heavy (non-hydrogen) atoms. The second kappa shape index (κ2) is 13.2. The molecule has 5 rings (SSSR count). The molecule has 0 spiro atoms. The van der Waals surface area contributed by atoms with Gasteiger partial charge in [-0.25, -0.2) is 4.99 Å². The zero-order valence-electron chi connectivity index (χ0n) is 24.8. The fourth-order valence-electron chi connectivity index (χ4n) is 4.61. The summed E-state index contributed by atoms with van der Waals surface area (Å²) in [5.74, 6) is 1.68. The van der Waals surface area contributed by atoms with Crippen LogP contribution in [0.15, 0.2) is 103 Å². The molecule has 3 aromatic rings. The van der Waals surface area contributed by atoms with Gasteiger partial charge in [-0.2, -0.15) is 0 Å². The van der Waals surface area contributed by atoms with Crippen molar-refractivity contribution in [1.29, 1.82) is 0 Å². The minimum absolute atomic E-state index is 0. The summed E-state index contributed by atoms with van der Waals surface area (Å²) < 4.78 is 35.4.